The van der Waals surface area contributed by atoms with E-state index in [9.17, 15) is 0 Å². The molecule has 0 aliphatic carbocycles. The molecule has 4 N–H and O–H groups in total. The molecule has 8 heteroatoms. The van der Waals surface area contributed by atoms with Gasteiger partial charge in [0.05, 0.1) is 11.2 Å². The van der Waals surface area contributed by atoms with Crippen LogP contribution in [0.4, 0.5) is 5.82 Å². The molecule has 1 aromatic heterocycles. The first kappa shape index (κ1) is 20.8. The second kappa shape index (κ2) is 8.23. The zero-order valence-electron chi connectivity index (χ0n) is 17.2. The summed E-state index contributed by atoms with van der Waals surface area (Å²) in [6.07, 6.45) is 6.99. The largest absolute Gasteiger partial charge is 0.498 e. The minimum Gasteiger partial charge on any atom is -0.399 e. The molecular formula is C20H31BN4O3. The van der Waals surface area contributed by atoms with Gasteiger partial charge in [-0.1, -0.05) is 0 Å². The average molecular weight is 386 g/mol. The molecule has 2 saturated heterocycles. The quantitative estimate of drug-likeness (QED) is 0.510. The van der Waals surface area contributed by atoms with Crippen molar-refractivity contribution < 1.29 is 14.0 Å². The summed E-state index contributed by atoms with van der Waals surface area (Å²) in [5.41, 5.74) is 7.43. The molecular weight excluding hydrogens is 355 g/mol. The number of pyridine rings is 1. The molecule has 3 rings (SSSR count). The Hall–Kier alpha value is -1.90. The highest BCUT2D eigenvalue weighted by atomic mass is 16.7. The lowest BCUT2D eigenvalue weighted by atomic mass is 9.78. The van der Waals surface area contributed by atoms with Crippen molar-refractivity contribution in [2.75, 3.05) is 25.5 Å². The Labute approximate surface area is 167 Å². The first-order valence-electron chi connectivity index (χ1n) is 9.87. The second-order valence-corrected chi connectivity index (χ2v) is 8.49. The molecule has 2 aliphatic rings. The summed E-state index contributed by atoms with van der Waals surface area (Å²) >= 11 is 0. The molecule has 0 atom stereocenters. The molecule has 1 aromatic rings. The van der Waals surface area contributed by atoms with Crippen LogP contribution in [0.25, 0.3) is 5.57 Å². The van der Waals surface area contributed by atoms with Crippen molar-refractivity contribution in [3.8, 4) is 0 Å². The average Bonchev–Trinajstić information content (AvgIpc) is 2.87. The number of nitrogen functional groups attached to an aromatic ring is 1. The SMILES string of the molecule is CC1(C)OB(c2cc(/C(C=N)=C/NCC3CCOCC3)cnc2N)OC1(C)C. The summed E-state index contributed by atoms with van der Waals surface area (Å²) in [5, 5.41) is 11.1. The monoisotopic (exact) mass is 386 g/mol. The van der Waals surface area contributed by atoms with Crippen LogP contribution < -0.4 is 16.5 Å². The number of nitrogens with zero attached hydrogens (tertiary/aromatic N) is 1. The van der Waals surface area contributed by atoms with Gasteiger partial charge in [0.25, 0.3) is 0 Å². The summed E-state index contributed by atoms with van der Waals surface area (Å²) in [6.45, 7) is 10.5. The molecule has 0 saturated carbocycles. The van der Waals surface area contributed by atoms with Crippen molar-refractivity contribution in [2.24, 2.45) is 5.92 Å². The van der Waals surface area contributed by atoms with E-state index in [-0.39, 0.29) is 0 Å². The minimum atomic E-state index is -0.584. The summed E-state index contributed by atoms with van der Waals surface area (Å²) in [4.78, 5) is 4.32. The summed E-state index contributed by atoms with van der Waals surface area (Å²) in [5.74, 6) is 0.976. The molecule has 0 amide bonds. The van der Waals surface area contributed by atoms with Crippen molar-refractivity contribution >= 4 is 30.2 Å². The number of rotatable bonds is 6. The van der Waals surface area contributed by atoms with Gasteiger partial charge in [0, 0.05) is 55.0 Å². The van der Waals surface area contributed by atoms with Crippen LogP contribution in [0.1, 0.15) is 46.1 Å². The first-order valence-corrected chi connectivity index (χ1v) is 9.87. The van der Waals surface area contributed by atoms with Crippen LogP contribution in [0.2, 0.25) is 0 Å². The fourth-order valence-corrected chi connectivity index (χ4v) is 3.30. The van der Waals surface area contributed by atoms with Crippen molar-refractivity contribution in [1.82, 2.24) is 10.3 Å². The fourth-order valence-electron chi connectivity index (χ4n) is 3.30. The van der Waals surface area contributed by atoms with Crippen LogP contribution in [-0.4, -0.2) is 49.3 Å². The molecule has 152 valence electrons. The molecule has 2 aliphatic heterocycles. The smallest absolute Gasteiger partial charge is 0.399 e. The Morgan fingerprint density at radius 2 is 1.93 bits per heavy atom. The van der Waals surface area contributed by atoms with Gasteiger partial charge >= 0.3 is 7.12 Å². The van der Waals surface area contributed by atoms with Crippen molar-refractivity contribution in [2.45, 2.75) is 51.7 Å². The Morgan fingerprint density at radius 3 is 2.54 bits per heavy atom. The number of aromatic nitrogens is 1. The number of allylic oxidation sites excluding steroid dienone is 1. The maximum atomic E-state index is 7.81. The number of ether oxygens (including phenoxy) is 1. The van der Waals surface area contributed by atoms with Crippen LogP contribution in [0.3, 0.4) is 0 Å². The van der Waals surface area contributed by atoms with E-state index in [1.807, 2.05) is 40.0 Å². The van der Waals surface area contributed by atoms with Crippen LogP contribution in [0.5, 0.6) is 0 Å². The molecule has 2 fully saturated rings. The van der Waals surface area contributed by atoms with Crippen molar-refractivity contribution in [3.63, 3.8) is 0 Å². The van der Waals surface area contributed by atoms with E-state index < -0.39 is 18.3 Å². The topological polar surface area (TPSA) is 102 Å². The van der Waals surface area contributed by atoms with Gasteiger partial charge in [-0.3, -0.25) is 0 Å². The third kappa shape index (κ3) is 4.40. The van der Waals surface area contributed by atoms with E-state index in [2.05, 4.69) is 10.3 Å². The van der Waals surface area contributed by atoms with Crippen LogP contribution in [0.15, 0.2) is 18.5 Å². The number of anilines is 1. The summed E-state index contributed by atoms with van der Waals surface area (Å²) < 4.78 is 17.6. The highest BCUT2D eigenvalue weighted by Gasteiger charge is 2.52. The minimum absolute atomic E-state index is 0.377. The lowest BCUT2D eigenvalue weighted by Crippen LogP contribution is -2.41. The molecule has 0 radical (unpaired) electrons. The van der Waals surface area contributed by atoms with Gasteiger partial charge in [0.15, 0.2) is 0 Å². The van der Waals surface area contributed by atoms with E-state index in [1.54, 1.807) is 6.20 Å². The third-order valence-corrected chi connectivity index (χ3v) is 5.95. The van der Waals surface area contributed by atoms with Gasteiger partial charge < -0.3 is 30.5 Å². The number of hydrogen-bond acceptors (Lipinski definition) is 7. The molecule has 0 spiro atoms. The molecule has 0 bridgehead atoms. The predicted octanol–water partition coefficient (Wildman–Crippen LogP) is 1.97. The van der Waals surface area contributed by atoms with Gasteiger partial charge in [-0.05, 0) is 52.5 Å². The van der Waals surface area contributed by atoms with Crippen molar-refractivity contribution in [3.05, 3.63) is 24.0 Å². The molecule has 0 aromatic carbocycles. The van der Waals surface area contributed by atoms with Gasteiger partial charge in [-0.2, -0.15) is 0 Å². The number of nitrogens with two attached hydrogens (primary N) is 1. The summed E-state index contributed by atoms with van der Waals surface area (Å²) in [7, 11) is -0.584. The van der Waals surface area contributed by atoms with Gasteiger partial charge in [-0.15, -0.1) is 0 Å². The highest BCUT2D eigenvalue weighted by molar-refractivity contribution is 6.63. The van der Waals surface area contributed by atoms with E-state index >= 15 is 0 Å². The molecule has 0 unspecified atom stereocenters. The Morgan fingerprint density at radius 1 is 1.29 bits per heavy atom. The number of nitrogens with one attached hydrogen (secondary N) is 2. The zero-order valence-corrected chi connectivity index (χ0v) is 17.2. The molecule has 7 nitrogen and oxygen atoms in total. The van der Waals surface area contributed by atoms with Crippen LogP contribution in [0, 0.1) is 11.3 Å². The van der Waals surface area contributed by atoms with Gasteiger partial charge in [-0.25, -0.2) is 4.98 Å². The van der Waals surface area contributed by atoms with Crippen molar-refractivity contribution in [1.29, 1.82) is 5.41 Å². The standard InChI is InChI=1S/C20H31BN4O3/c1-19(2)20(3,4)28-21(27-19)17-9-15(13-25-18(17)23)16(10-22)12-24-11-14-5-7-26-8-6-14/h9-10,12-14,22,24H,5-8,11H2,1-4H3,(H2,23,25)/b16-12+,22-10?. The first-order chi connectivity index (χ1) is 13.2. The second-order valence-electron chi connectivity index (χ2n) is 8.49. The van der Waals surface area contributed by atoms with E-state index in [1.165, 1.54) is 6.21 Å². The summed E-state index contributed by atoms with van der Waals surface area (Å²) in [6, 6.07) is 1.90. The van der Waals surface area contributed by atoms with E-state index in [4.69, 9.17) is 25.2 Å². The Kier molecular flexibility index (Phi) is 6.12. The zero-order chi connectivity index (χ0) is 20.4. The third-order valence-electron chi connectivity index (χ3n) is 5.95. The number of hydrogen-bond donors (Lipinski definition) is 3. The Bertz CT molecular complexity index is 729. The predicted molar refractivity (Wildman–Crippen MR) is 113 cm³/mol. The lowest BCUT2D eigenvalue weighted by Gasteiger charge is -2.32. The normalized spacial score (nSPS) is 22.3. The van der Waals surface area contributed by atoms with Crippen LogP contribution in [-0.2, 0) is 14.0 Å². The van der Waals surface area contributed by atoms with Gasteiger partial charge in [0.2, 0.25) is 0 Å². The Balaban J connectivity index is 1.75. The van der Waals surface area contributed by atoms with Crippen LogP contribution >= 0.6 is 0 Å². The fraction of sp³-hybridized carbons (Fsp3) is 0.600. The van der Waals surface area contributed by atoms with E-state index in [0.29, 0.717) is 17.2 Å². The lowest BCUT2D eigenvalue weighted by molar-refractivity contribution is 0.00578. The van der Waals surface area contributed by atoms with E-state index in [0.717, 1.165) is 43.7 Å². The molecule has 3 heterocycles. The maximum absolute atomic E-state index is 7.81. The van der Waals surface area contributed by atoms with Gasteiger partial charge in [0.1, 0.15) is 5.82 Å². The maximum Gasteiger partial charge on any atom is 0.498 e. The molecule has 28 heavy (non-hydrogen) atoms. The highest BCUT2D eigenvalue weighted by Crippen LogP contribution is 2.36.